The maximum absolute atomic E-state index is 5.83. The molecule has 24 heavy (non-hydrogen) atoms. The predicted molar refractivity (Wildman–Crippen MR) is 98.4 cm³/mol. The first-order valence-electron chi connectivity index (χ1n) is 9.04. The Morgan fingerprint density at radius 2 is 2.08 bits per heavy atom. The number of nitrogens with zero attached hydrogens (tertiary/aromatic N) is 3. The number of likely N-dealkylation sites (tertiary alicyclic amines) is 1. The van der Waals surface area contributed by atoms with Gasteiger partial charge in [-0.1, -0.05) is 30.3 Å². The Kier molecular flexibility index (Phi) is 6.10. The largest absolute Gasteiger partial charge is 0.374 e. The fourth-order valence-corrected chi connectivity index (χ4v) is 3.67. The summed E-state index contributed by atoms with van der Waals surface area (Å²) in [6, 6.07) is 10.8. The van der Waals surface area contributed by atoms with E-state index in [4.69, 9.17) is 4.74 Å². The minimum absolute atomic E-state index is 0.253. The molecule has 0 aromatic heterocycles. The molecule has 2 aliphatic heterocycles. The van der Waals surface area contributed by atoms with Crippen LogP contribution in [-0.2, 0) is 11.2 Å². The van der Waals surface area contributed by atoms with E-state index in [0.717, 1.165) is 51.7 Å². The number of benzene rings is 1. The van der Waals surface area contributed by atoms with E-state index in [1.54, 1.807) is 0 Å². The summed E-state index contributed by atoms with van der Waals surface area (Å²) in [4.78, 5) is 9.19. The van der Waals surface area contributed by atoms with E-state index in [1.165, 1.54) is 12.0 Å². The van der Waals surface area contributed by atoms with E-state index in [2.05, 4.69) is 57.5 Å². The summed E-state index contributed by atoms with van der Waals surface area (Å²) in [6.07, 6.45) is 2.64. The molecular weight excluding hydrogens is 300 g/mol. The highest BCUT2D eigenvalue weighted by atomic mass is 16.5. The lowest BCUT2D eigenvalue weighted by Gasteiger charge is -2.31. The second-order valence-corrected chi connectivity index (χ2v) is 6.97. The molecule has 0 amide bonds. The quantitative estimate of drug-likeness (QED) is 0.670. The second kappa shape index (κ2) is 8.49. The molecule has 0 spiro atoms. The van der Waals surface area contributed by atoms with Gasteiger partial charge in [0.2, 0.25) is 0 Å². The van der Waals surface area contributed by atoms with Crippen LogP contribution in [0.2, 0.25) is 0 Å². The van der Waals surface area contributed by atoms with Gasteiger partial charge in [0.05, 0.1) is 12.7 Å². The molecule has 0 bridgehead atoms. The molecule has 0 radical (unpaired) electrons. The van der Waals surface area contributed by atoms with Crippen molar-refractivity contribution in [2.75, 3.05) is 53.4 Å². The number of aliphatic imine (C=N–C) groups is 1. The van der Waals surface area contributed by atoms with Gasteiger partial charge < -0.3 is 19.9 Å². The first kappa shape index (κ1) is 17.2. The average molecular weight is 330 g/mol. The van der Waals surface area contributed by atoms with Crippen LogP contribution in [0.4, 0.5) is 0 Å². The lowest BCUT2D eigenvalue weighted by molar-refractivity contribution is -0.0163. The van der Waals surface area contributed by atoms with Crippen LogP contribution < -0.4 is 5.32 Å². The van der Waals surface area contributed by atoms with E-state index >= 15 is 0 Å². The summed E-state index contributed by atoms with van der Waals surface area (Å²) in [6.45, 7) is 5.84. The van der Waals surface area contributed by atoms with Crippen molar-refractivity contribution in [2.24, 2.45) is 10.9 Å². The van der Waals surface area contributed by atoms with Crippen LogP contribution in [0.5, 0.6) is 0 Å². The second-order valence-electron chi connectivity index (χ2n) is 6.97. The number of ether oxygens (including phenoxy) is 1. The molecule has 3 rings (SSSR count). The third-order valence-corrected chi connectivity index (χ3v) is 4.99. The van der Waals surface area contributed by atoms with Crippen LogP contribution in [0.15, 0.2) is 35.3 Å². The Morgan fingerprint density at radius 1 is 1.25 bits per heavy atom. The lowest BCUT2D eigenvalue weighted by Crippen LogP contribution is -2.49. The molecule has 2 aliphatic rings. The Hall–Kier alpha value is -1.59. The highest BCUT2D eigenvalue weighted by Gasteiger charge is 2.26. The van der Waals surface area contributed by atoms with Crippen LogP contribution in [-0.4, -0.2) is 75.3 Å². The van der Waals surface area contributed by atoms with Crippen molar-refractivity contribution >= 4 is 5.96 Å². The van der Waals surface area contributed by atoms with E-state index in [-0.39, 0.29) is 6.10 Å². The minimum Gasteiger partial charge on any atom is -0.374 e. The molecule has 2 atom stereocenters. The monoisotopic (exact) mass is 330 g/mol. The number of morpholine rings is 1. The Labute approximate surface area is 145 Å². The van der Waals surface area contributed by atoms with Crippen LogP contribution in [0.1, 0.15) is 12.0 Å². The van der Waals surface area contributed by atoms with Gasteiger partial charge in [-0.25, -0.2) is 0 Å². The zero-order valence-corrected chi connectivity index (χ0v) is 14.9. The third-order valence-electron chi connectivity index (χ3n) is 4.99. The van der Waals surface area contributed by atoms with Gasteiger partial charge in [-0.05, 0) is 31.4 Å². The molecule has 0 saturated carbocycles. The number of hydrogen-bond acceptors (Lipinski definition) is 3. The molecule has 5 heteroatoms. The van der Waals surface area contributed by atoms with Crippen molar-refractivity contribution in [3.05, 3.63) is 35.9 Å². The summed E-state index contributed by atoms with van der Waals surface area (Å²) in [5, 5.41) is 3.51. The highest BCUT2D eigenvalue weighted by molar-refractivity contribution is 5.80. The fraction of sp³-hybridized carbons (Fsp3) is 0.632. The molecule has 1 aromatic rings. The molecule has 1 aromatic carbocycles. The molecule has 5 nitrogen and oxygen atoms in total. The topological polar surface area (TPSA) is 40.1 Å². The first-order chi connectivity index (χ1) is 11.7. The normalized spacial score (nSPS) is 25.9. The molecule has 2 heterocycles. The molecule has 2 saturated heterocycles. The zero-order valence-electron chi connectivity index (χ0n) is 14.9. The van der Waals surface area contributed by atoms with Gasteiger partial charge in [-0.2, -0.15) is 0 Å². The Morgan fingerprint density at radius 3 is 2.83 bits per heavy atom. The van der Waals surface area contributed by atoms with Crippen LogP contribution >= 0.6 is 0 Å². The molecule has 1 N–H and O–H groups in total. The third kappa shape index (κ3) is 4.71. The number of rotatable bonds is 4. The van der Waals surface area contributed by atoms with Gasteiger partial charge in [0.25, 0.3) is 0 Å². The van der Waals surface area contributed by atoms with Crippen molar-refractivity contribution in [1.29, 1.82) is 0 Å². The van der Waals surface area contributed by atoms with E-state index in [1.807, 2.05) is 7.05 Å². The number of likely N-dealkylation sites (N-methyl/N-ethyl adjacent to an activating group) is 1. The first-order valence-corrected chi connectivity index (χ1v) is 9.04. The highest BCUT2D eigenvalue weighted by Crippen LogP contribution is 2.20. The molecular formula is C19H30N4O. The van der Waals surface area contributed by atoms with Crippen molar-refractivity contribution in [3.8, 4) is 0 Å². The summed E-state index contributed by atoms with van der Waals surface area (Å²) in [7, 11) is 4.03. The predicted octanol–water partition coefficient (Wildman–Crippen LogP) is 1.46. The number of hydrogen-bond donors (Lipinski definition) is 1. The van der Waals surface area contributed by atoms with Gasteiger partial charge >= 0.3 is 0 Å². The van der Waals surface area contributed by atoms with Gasteiger partial charge in [-0.15, -0.1) is 0 Å². The number of nitrogens with one attached hydrogen (secondary N) is 1. The fourth-order valence-electron chi connectivity index (χ4n) is 3.67. The van der Waals surface area contributed by atoms with Crippen LogP contribution in [0.25, 0.3) is 0 Å². The summed E-state index contributed by atoms with van der Waals surface area (Å²) < 4.78 is 5.83. The van der Waals surface area contributed by atoms with Crippen molar-refractivity contribution < 1.29 is 4.74 Å². The van der Waals surface area contributed by atoms with E-state index in [9.17, 15) is 0 Å². The number of guanidine groups is 1. The van der Waals surface area contributed by atoms with E-state index < -0.39 is 0 Å². The minimum atomic E-state index is 0.253. The smallest absolute Gasteiger partial charge is 0.193 e. The maximum atomic E-state index is 5.83. The van der Waals surface area contributed by atoms with Crippen LogP contribution in [0.3, 0.4) is 0 Å². The Balaban J connectivity index is 1.46. The van der Waals surface area contributed by atoms with E-state index in [0.29, 0.717) is 5.92 Å². The summed E-state index contributed by atoms with van der Waals surface area (Å²) >= 11 is 0. The molecule has 2 unspecified atom stereocenters. The zero-order chi connectivity index (χ0) is 16.8. The molecule has 2 fully saturated rings. The Bertz CT molecular complexity index is 533. The van der Waals surface area contributed by atoms with Crippen LogP contribution in [0, 0.1) is 5.92 Å². The molecule has 132 valence electrons. The summed E-state index contributed by atoms with van der Waals surface area (Å²) in [5.74, 6) is 1.73. The van der Waals surface area contributed by atoms with Crippen molar-refractivity contribution in [2.45, 2.75) is 18.9 Å². The van der Waals surface area contributed by atoms with Gasteiger partial charge in [0, 0.05) is 39.8 Å². The van der Waals surface area contributed by atoms with Crippen molar-refractivity contribution in [3.63, 3.8) is 0 Å². The average Bonchev–Trinajstić information content (AvgIpc) is 3.05. The standard InChI is InChI=1S/C19H30N4O/c1-20-19(21-13-18-15-22(2)10-11-24-18)23-9-8-17(14-23)12-16-6-4-3-5-7-16/h3-7,17-18H,8-15H2,1-2H3,(H,20,21). The molecule has 0 aliphatic carbocycles. The van der Waals surface area contributed by atoms with Crippen molar-refractivity contribution in [1.82, 2.24) is 15.1 Å². The van der Waals surface area contributed by atoms with Gasteiger partial charge in [0.1, 0.15) is 0 Å². The lowest BCUT2D eigenvalue weighted by atomic mass is 9.99. The van der Waals surface area contributed by atoms with Gasteiger partial charge in [-0.3, -0.25) is 4.99 Å². The SMILES string of the molecule is CN=C(NCC1CN(C)CCO1)N1CCC(Cc2ccccc2)C1. The summed E-state index contributed by atoms with van der Waals surface area (Å²) in [5.41, 5.74) is 1.44. The van der Waals surface area contributed by atoms with Gasteiger partial charge in [0.15, 0.2) is 5.96 Å². The maximum Gasteiger partial charge on any atom is 0.193 e.